The Balaban J connectivity index is 1.43. The molecule has 6 rings (SSSR count). The molecule has 19 heteroatoms. The molecule has 2 aliphatic heterocycles. The van der Waals surface area contributed by atoms with Crippen LogP contribution in [0.1, 0.15) is 45.4 Å². The zero-order valence-electron chi connectivity index (χ0n) is 29.8. The zero-order valence-corrected chi connectivity index (χ0v) is 33.0. The SMILES string of the molecule is CCS(=O)(=O)NC1CCC(OC2(OC3CCN(S(C)(=O)=O)CC3)C=C3C(=NC=NC3(Nc3ccc(F)c(Cl)c3)Nc3ccc(F)c(Cl)c3)C=C2OC)CC1. The second kappa shape index (κ2) is 16.1. The molecule has 0 radical (unpaired) electrons. The Morgan fingerprint density at radius 2 is 1.44 bits per heavy atom. The minimum Gasteiger partial charge on any atom is -0.495 e. The van der Waals surface area contributed by atoms with Gasteiger partial charge in [0.2, 0.25) is 31.6 Å². The Bertz CT molecular complexity index is 2030. The number of halogens is 4. The number of sulfonamides is 2. The van der Waals surface area contributed by atoms with Crippen LogP contribution in [0.4, 0.5) is 20.2 Å². The predicted molar refractivity (Wildman–Crippen MR) is 205 cm³/mol. The van der Waals surface area contributed by atoms with Crippen molar-refractivity contribution in [1.82, 2.24) is 9.03 Å². The number of hydrogen-bond acceptors (Lipinski definition) is 11. The highest BCUT2D eigenvalue weighted by atomic mass is 35.5. The molecule has 1 saturated carbocycles. The minimum absolute atomic E-state index is 0.0292. The van der Waals surface area contributed by atoms with Gasteiger partial charge in [0.25, 0.3) is 0 Å². The summed E-state index contributed by atoms with van der Waals surface area (Å²) in [4.78, 5) is 9.28. The average Bonchev–Trinajstić information content (AvgIpc) is 3.12. The van der Waals surface area contributed by atoms with Gasteiger partial charge in [-0.3, -0.25) is 0 Å². The molecule has 1 unspecified atom stereocenters. The molecule has 4 aliphatic rings. The standard InChI is InChI=1S/C35H42Cl2F2N6O7S2/c1-4-54(48,49)44-22-5-9-25(10-6-22)51-34(52-26-13-15-45(16-14-26)53(3,46)47)20-27-32(19-33(34)50-2)40-21-41-35(27,42-23-7-11-30(38)28(36)17-23)43-24-8-12-31(39)29(37)18-24/h7-8,11-12,17-22,25-26,42-44H,4-6,9-10,13-16H2,1-3H3. The van der Waals surface area contributed by atoms with Gasteiger partial charge in [-0.25, -0.2) is 44.6 Å². The lowest BCUT2D eigenvalue weighted by molar-refractivity contribution is -0.252. The molecular formula is C35H42Cl2F2N6O7S2. The smallest absolute Gasteiger partial charge is 0.249 e. The fourth-order valence-corrected chi connectivity index (χ4v) is 9.05. The van der Waals surface area contributed by atoms with Gasteiger partial charge in [-0.05, 0) is 87.9 Å². The molecule has 13 nitrogen and oxygen atoms in total. The first-order valence-corrected chi connectivity index (χ1v) is 21.7. The lowest BCUT2D eigenvalue weighted by Gasteiger charge is -2.45. The van der Waals surface area contributed by atoms with Gasteiger partial charge in [-0.2, -0.15) is 0 Å². The molecule has 2 aliphatic carbocycles. The van der Waals surface area contributed by atoms with Crippen LogP contribution in [0.3, 0.4) is 0 Å². The third-order valence-electron chi connectivity index (χ3n) is 9.72. The van der Waals surface area contributed by atoms with E-state index < -0.39 is 55.5 Å². The summed E-state index contributed by atoms with van der Waals surface area (Å²) in [6, 6.07) is 7.87. The van der Waals surface area contributed by atoms with Crippen molar-refractivity contribution in [3.8, 4) is 0 Å². The second-order valence-corrected chi connectivity index (χ2v) is 18.3. The lowest BCUT2D eigenvalue weighted by atomic mass is 9.89. The summed E-state index contributed by atoms with van der Waals surface area (Å²) in [5.41, 5.74) is 1.48. The fraction of sp³-hybridized carbons (Fsp3) is 0.486. The number of nitrogens with one attached hydrogen (secondary N) is 3. The Kier molecular flexibility index (Phi) is 12.1. The molecule has 294 valence electrons. The quantitative estimate of drug-likeness (QED) is 0.212. The summed E-state index contributed by atoms with van der Waals surface area (Å²) in [6.45, 7) is 2.04. The Hall–Kier alpha value is -3.16. The highest BCUT2D eigenvalue weighted by Crippen LogP contribution is 2.43. The first kappa shape index (κ1) is 40.5. The van der Waals surface area contributed by atoms with Gasteiger partial charge in [-0.15, -0.1) is 0 Å². The Morgan fingerprint density at radius 3 is 1.94 bits per heavy atom. The van der Waals surface area contributed by atoms with E-state index in [0.29, 0.717) is 61.2 Å². The van der Waals surface area contributed by atoms with Crippen molar-refractivity contribution < 1.29 is 39.8 Å². The molecule has 0 bridgehead atoms. The van der Waals surface area contributed by atoms with E-state index in [1.54, 1.807) is 19.1 Å². The van der Waals surface area contributed by atoms with Gasteiger partial charge < -0.3 is 24.8 Å². The first-order valence-electron chi connectivity index (χ1n) is 17.4. The number of aliphatic imine (C=N–C) groups is 2. The summed E-state index contributed by atoms with van der Waals surface area (Å²) in [5.74, 6) is -4.39. The van der Waals surface area contributed by atoms with Crippen molar-refractivity contribution in [3.05, 3.63) is 81.6 Å². The highest BCUT2D eigenvalue weighted by molar-refractivity contribution is 7.89. The molecule has 3 N–H and O–H groups in total. The van der Waals surface area contributed by atoms with Crippen LogP contribution in [0.25, 0.3) is 0 Å². The maximum Gasteiger partial charge on any atom is 0.249 e. The number of methoxy groups -OCH3 is 1. The number of ether oxygens (including phenoxy) is 3. The first-order chi connectivity index (χ1) is 25.5. The summed E-state index contributed by atoms with van der Waals surface area (Å²) < 4.78 is 102. The topological polar surface area (TPSA) is 160 Å². The summed E-state index contributed by atoms with van der Waals surface area (Å²) in [5, 5.41) is 6.33. The molecule has 0 aromatic heterocycles. The molecular weight excluding hydrogens is 789 g/mol. The molecule has 2 aromatic rings. The third kappa shape index (κ3) is 9.10. The van der Waals surface area contributed by atoms with Crippen molar-refractivity contribution in [2.45, 2.75) is 75.3 Å². The maximum absolute atomic E-state index is 14.3. The van der Waals surface area contributed by atoms with E-state index in [1.807, 2.05) is 0 Å². The number of hydrogen-bond donors (Lipinski definition) is 3. The molecule has 2 aromatic carbocycles. The average molecular weight is 832 g/mol. The molecule has 0 spiro atoms. The van der Waals surface area contributed by atoms with Crippen LogP contribution in [-0.4, -0.2) is 95.2 Å². The van der Waals surface area contributed by atoms with Crippen molar-refractivity contribution in [2.75, 3.05) is 42.8 Å². The van der Waals surface area contributed by atoms with E-state index in [0.717, 1.165) is 0 Å². The molecule has 1 saturated heterocycles. The molecule has 1 atom stereocenters. The number of anilines is 2. The second-order valence-electron chi connectivity index (χ2n) is 13.5. The van der Waals surface area contributed by atoms with E-state index in [4.69, 9.17) is 42.4 Å². The fourth-order valence-electron chi connectivity index (χ4n) is 6.90. The number of rotatable bonds is 13. The van der Waals surface area contributed by atoms with Crippen LogP contribution in [0.15, 0.2) is 69.9 Å². The number of allylic oxidation sites excluding steroid dienone is 1. The molecule has 2 heterocycles. The highest BCUT2D eigenvalue weighted by Gasteiger charge is 2.50. The summed E-state index contributed by atoms with van der Waals surface area (Å²) in [6.07, 6.45) is 7.61. The number of piperidine rings is 1. The van der Waals surface area contributed by atoms with E-state index in [9.17, 15) is 25.6 Å². The van der Waals surface area contributed by atoms with E-state index in [2.05, 4.69) is 20.3 Å². The number of fused-ring (bicyclic) bond motifs is 1. The van der Waals surface area contributed by atoms with Gasteiger partial charge in [0.1, 0.15) is 18.0 Å². The van der Waals surface area contributed by atoms with E-state index in [-0.39, 0.29) is 40.7 Å². The number of benzene rings is 2. The van der Waals surface area contributed by atoms with Crippen molar-refractivity contribution in [1.29, 1.82) is 0 Å². The normalized spacial score (nSPS) is 24.9. The Morgan fingerprint density at radius 1 is 0.889 bits per heavy atom. The van der Waals surface area contributed by atoms with Crippen LogP contribution < -0.4 is 15.4 Å². The zero-order chi connectivity index (χ0) is 38.9. The third-order valence-corrected chi connectivity index (χ3v) is 13.1. The monoisotopic (exact) mass is 830 g/mol. The minimum atomic E-state index is -3.42. The van der Waals surface area contributed by atoms with Crippen LogP contribution in [0, 0.1) is 11.6 Å². The van der Waals surface area contributed by atoms with E-state index >= 15 is 0 Å². The van der Waals surface area contributed by atoms with Gasteiger partial charge in [-0.1, -0.05) is 23.2 Å². The summed E-state index contributed by atoms with van der Waals surface area (Å²) in [7, 11) is -5.36. The van der Waals surface area contributed by atoms with Gasteiger partial charge in [0.15, 0.2) is 5.76 Å². The lowest BCUT2D eigenvalue weighted by Crippen LogP contribution is -2.55. The number of nitrogens with zero attached hydrogens (tertiary/aromatic N) is 3. The van der Waals surface area contributed by atoms with Crippen LogP contribution in [0.2, 0.25) is 10.0 Å². The van der Waals surface area contributed by atoms with Gasteiger partial charge in [0.05, 0.1) is 47.1 Å². The van der Waals surface area contributed by atoms with Gasteiger partial charge in [0, 0.05) is 42.2 Å². The molecule has 2 fully saturated rings. The predicted octanol–water partition coefficient (Wildman–Crippen LogP) is 5.81. The Labute approximate surface area is 323 Å². The molecule has 54 heavy (non-hydrogen) atoms. The largest absolute Gasteiger partial charge is 0.495 e. The summed E-state index contributed by atoms with van der Waals surface area (Å²) >= 11 is 12.4. The van der Waals surface area contributed by atoms with Crippen LogP contribution >= 0.6 is 23.2 Å². The maximum atomic E-state index is 14.3. The van der Waals surface area contributed by atoms with Crippen LogP contribution in [0.5, 0.6) is 0 Å². The van der Waals surface area contributed by atoms with E-state index in [1.165, 1.54) is 60.4 Å². The van der Waals surface area contributed by atoms with Gasteiger partial charge >= 0.3 is 0 Å². The van der Waals surface area contributed by atoms with Crippen molar-refractivity contribution in [3.63, 3.8) is 0 Å². The van der Waals surface area contributed by atoms with Crippen molar-refractivity contribution in [2.24, 2.45) is 9.98 Å². The van der Waals surface area contributed by atoms with Crippen molar-refractivity contribution >= 4 is 66.7 Å². The molecule has 0 amide bonds. The van der Waals surface area contributed by atoms with Crippen LogP contribution in [-0.2, 0) is 34.3 Å².